The van der Waals surface area contributed by atoms with Crippen molar-refractivity contribution in [3.8, 4) is 5.75 Å². The van der Waals surface area contributed by atoms with Crippen molar-refractivity contribution in [3.05, 3.63) is 23.0 Å². The number of nitrogens with one attached hydrogen (secondary N) is 1. The number of benzene rings is 1. The van der Waals surface area contributed by atoms with Gasteiger partial charge in [0.25, 0.3) is 0 Å². The van der Waals surface area contributed by atoms with E-state index in [0.29, 0.717) is 4.77 Å². The number of H-pyrrole nitrogens is 1. The molecule has 1 aliphatic heterocycles. The molecule has 1 fully saturated rings. The van der Waals surface area contributed by atoms with Gasteiger partial charge in [-0.05, 0) is 43.6 Å². The molecule has 0 radical (unpaired) electrons. The Morgan fingerprint density at radius 1 is 1.33 bits per heavy atom. The molecule has 3 rings (SSSR count). The molecule has 5 nitrogen and oxygen atoms in total. The van der Waals surface area contributed by atoms with Gasteiger partial charge in [0.2, 0.25) is 5.91 Å². The number of rotatable bonds is 3. The van der Waals surface area contributed by atoms with Crippen LogP contribution in [0.1, 0.15) is 19.3 Å². The molecule has 1 amide bonds. The number of amides is 1. The van der Waals surface area contributed by atoms with Crippen molar-refractivity contribution >= 4 is 29.2 Å². The smallest absolute Gasteiger partial charge is 0.242 e. The van der Waals surface area contributed by atoms with E-state index in [2.05, 4.69) is 4.98 Å². The first-order valence-corrected chi connectivity index (χ1v) is 7.65. The van der Waals surface area contributed by atoms with Crippen LogP contribution in [0.15, 0.2) is 18.2 Å². The number of likely N-dealkylation sites (tertiary alicyclic amines) is 1. The Labute approximate surface area is 128 Å². The number of carbonyl (C=O) groups is 1. The second kappa shape index (κ2) is 5.89. The molecule has 0 unspecified atom stereocenters. The minimum atomic E-state index is 0.134. The van der Waals surface area contributed by atoms with Gasteiger partial charge in [0, 0.05) is 13.1 Å². The van der Waals surface area contributed by atoms with Crippen molar-refractivity contribution in [2.45, 2.75) is 25.8 Å². The van der Waals surface area contributed by atoms with E-state index >= 15 is 0 Å². The number of methoxy groups -OCH3 is 1. The van der Waals surface area contributed by atoms with Gasteiger partial charge in [0.05, 0.1) is 12.6 Å². The number of fused-ring (bicyclic) bond motifs is 1. The second-order valence-corrected chi connectivity index (χ2v) is 5.70. The van der Waals surface area contributed by atoms with Gasteiger partial charge in [0.15, 0.2) is 4.77 Å². The van der Waals surface area contributed by atoms with Crippen LogP contribution in [-0.4, -0.2) is 40.6 Å². The summed E-state index contributed by atoms with van der Waals surface area (Å²) in [7, 11) is 1.63. The van der Waals surface area contributed by atoms with Crippen LogP contribution in [0.3, 0.4) is 0 Å². The predicted molar refractivity (Wildman–Crippen MR) is 84.1 cm³/mol. The number of carbonyl (C=O) groups excluding carboxylic acids is 1. The van der Waals surface area contributed by atoms with Crippen molar-refractivity contribution in [1.29, 1.82) is 0 Å². The molecule has 1 aromatic heterocycles. The molecule has 21 heavy (non-hydrogen) atoms. The number of piperidine rings is 1. The number of imidazole rings is 1. The highest BCUT2D eigenvalue weighted by Gasteiger charge is 2.18. The SMILES string of the molecule is COc1cccc2c1[nH]c(=S)n2CC(=O)N1CCCCC1. The van der Waals surface area contributed by atoms with E-state index in [1.807, 2.05) is 27.7 Å². The van der Waals surface area contributed by atoms with E-state index in [1.165, 1.54) is 6.42 Å². The first-order chi connectivity index (χ1) is 10.2. The van der Waals surface area contributed by atoms with Gasteiger partial charge in [-0.25, -0.2) is 0 Å². The summed E-state index contributed by atoms with van der Waals surface area (Å²) in [5.74, 6) is 0.872. The summed E-state index contributed by atoms with van der Waals surface area (Å²) in [6.07, 6.45) is 3.41. The molecule has 1 saturated heterocycles. The average Bonchev–Trinajstić information content (AvgIpc) is 2.84. The Kier molecular flexibility index (Phi) is 3.96. The van der Waals surface area contributed by atoms with Crippen molar-refractivity contribution in [2.75, 3.05) is 20.2 Å². The topological polar surface area (TPSA) is 50.3 Å². The third-order valence-corrected chi connectivity index (χ3v) is 4.32. The van der Waals surface area contributed by atoms with Crippen LogP contribution < -0.4 is 4.74 Å². The molecule has 0 aliphatic carbocycles. The van der Waals surface area contributed by atoms with Gasteiger partial charge in [-0.2, -0.15) is 0 Å². The Hall–Kier alpha value is -1.82. The fraction of sp³-hybridized carbons (Fsp3) is 0.467. The summed E-state index contributed by atoms with van der Waals surface area (Å²) in [4.78, 5) is 17.5. The lowest BCUT2D eigenvalue weighted by Crippen LogP contribution is -2.37. The largest absolute Gasteiger partial charge is 0.494 e. The summed E-state index contributed by atoms with van der Waals surface area (Å²) >= 11 is 5.36. The Balaban J connectivity index is 1.91. The van der Waals surface area contributed by atoms with Crippen molar-refractivity contribution in [2.24, 2.45) is 0 Å². The summed E-state index contributed by atoms with van der Waals surface area (Å²) < 4.78 is 7.74. The van der Waals surface area contributed by atoms with Crippen LogP contribution in [0.25, 0.3) is 11.0 Å². The Bertz CT molecular complexity index is 713. The minimum Gasteiger partial charge on any atom is -0.494 e. The van der Waals surface area contributed by atoms with E-state index in [1.54, 1.807) is 7.11 Å². The van der Waals surface area contributed by atoms with Gasteiger partial charge in [0.1, 0.15) is 17.8 Å². The number of para-hydroxylation sites is 1. The fourth-order valence-electron chi connectivity index (χ4n) is 2.86. The van der Waals surface area contributed by atoms with E-state index in [0.717, 1.165) is 42.7 Å². The maximum atomic E-state index is 12.4. The molecule has 1 aromatic carbocycles. The molecule has 0 saturated carbocycles. The number of nitrogens with zero attached hydrogens (tertiary/aromatic N) is 2. The number of aromatic amines is 1. The Morgan fingerprint density at radius 2 is 2.10 bits per heavy atom. The van der Waals surface area contributed by atoms with Crippen LogP contribution in [0, 0.1) is 4.77 Å². The molecule has 2 heterocycles. The molecular weight excluding hydrogens is 286 g/mol. The lowest BCUT2D eigenvalue weighted by molar-refractivity contribution is -0.132. The summed E-state index contributed by atoms with van der Waals surface area (Å²) in [5.41, 5.74) is 1.75. The van der Waals surface area contributed by atoms with Gasteiger partial charge in [-0.1, -0.05) is 6.07 Å². The third-order valence-electron chi connectivity index (χ3n) is 3.99. The maximum absolute atomic E-state index is 12.4. The zero-order valence-electron chi connectivity index (χ0n) is 12.1. The average molecular weight is 305 g/mol. The van der Waals surface area contributed by atoms with Gasteiger partial charge >= 0.3 is 0 Å². The minimum absolute atomic E-state index is 0.134. The fourth-order valence-corrected chi connectivity index (χ4v) is 3.12. The number of hydrogen-bond acceptors (Lipinski definition) is 3. The number of hydrogen-bond donors (Lipinski definition) is 1. The van der Waals surface area contributed by atoms with E-state index in [4.69, 9.17) is 17.0 Å². The number of aromatic nitrogens is 2. The van der Waals surface area contributed by atoms with Crippen molar-refractivity contribution in [1.82, 2.24) is 14.5 Å². The summed E-state index contributed by atoms with van der Waals surface area (Å²) in [6, 6.07) is 5.74. The Morgan fingerprint density at radius 3 is 2.81 bits per heavy atom. The van der Waals surface area contributed by atoms with Crippen LogP contribution in [0.5, 0.6) is 5.75 Å². The lowest BCUT2D eigenvalue weighted by atomic mass is 10.1. The van der Waals surface area contributed by atoms with Crippen LogP contribution in [-0.2, 0) is 11.3 Å². The van der Waals surface area contributed by atoms with E-state index < -0.39 is 0 Å². The maximum Gasteiger partial charge on any atom is 0.242 e. The molecule has 112 valence electrons. The first-order valence-electron chi connectivity index (χ1n) is 7.24. The highest BCUT2D eigenvalue weighted by Crippen LogP contribution is 2.24. The van der Waals surface area contributed by atoms with Crippen LogP contribution in [0.2, 0.25) is 0 Å². The number of ether oxygens (including phenoxy) is 1. The van der Waals surface area contributed by atoms with Gasteiger partial charge < -0.3 is 19.2 Å². The van der Waals surface area contributed by atoms with Crippen LogP contribution >= 0.6 is 12.2 Å². The van der Waals surface area contributed by atoms with Crippen molar-refractivity contribution < 1.29 is 9.53 Å². The summed E-state index contributed by atoms with van der Waals surface area (Å²) in [6.45, 7) is 2.00. The zero-order valence-corrected chi connectivity index (χ0v) is 12.9. The normalized spacial score (nSPS) is 15.4. The van der Waals surface area contributed by atoms with E-state index in [-0.39, 0.29) is 12.5 Å². The molecule has 6 heteroatoms. The van der Waals surface area contributed by atoms with Crippen molar-refractivity contribution in [3.63, 3.8) is 0 Å². The predicted octanol–water partition coefficient (Wildman–Crippen LogP) is 2.72. The van der Waals surface area contributed by atoms with Gasteiger partial charge in [-0.15, -0.1) is 0 Å². The van der Waals surface area contributed by atoms with Gasteiger partial charge in [-0.3, -0.25) is 4.79 Å². The van der Waals surface area contributed by atoms with Crippen LogP contribution in [0.4, 0.5) is 0 Å². The zero-order chi connectivity index (χ0) is 14.8. The molecular formula is C15H19N3O2S. The molecule has 0 atom stereocenters. The monoisotopic (exact) mass is 305 g/mol. The molecule has 0 bridgehead atoms. The third kappa shape index (κ3) is 2.68. The molecule has 1 aliphatic rings. The molecule has 1 N–H and O–H groups in total. The first kappa shape index (κ1) is 14.1. The standard InChI is InChI=1S/C15H19N3O2S/c1-20-12-7-5-6-11-14(12)16-15(21)18(11)10-13(19)17-8-3-2-4-9-17/h5-7H,2-4,8-10H2,1H3,(H,16,21). The van der Waals surface area contributed by atoms with E-state index in [9.17, 15) is 4.79 Å². The lowest BCUT2D eigenvalue weighted by Gasteiger charge is -2.26. The molecule has 0 spiro atoms. The second-order valence-electron chi connectivity index (χ2n) is 5.31. The summed E-state index contributed by atoms with van der Waals surface area (Å²) in [5, 5.41) is 0. The molecule has 2 aromatic rings. The quantitative estimate of drug-likeness (QED) is 0.887. The highest BCUT2D eigenvalue weighted by atomic mass is 32.1. The highest BCUT2D eigenvalue weighted by molar-refractivity contribution is 7.71.